The molecule has 1 heterocycles. The molecule has 51 heavy (non-hydrogen) atoms. The zero-order valence-corrected chi connectivity index (χ0v) is 33.8. The minimum absolute atomic E-state index is 0.00823. The van der Waals surface area contributed by atoms with Crippen molar-refractivity contribution < 1.29 is 28.0 Å². The maximum Gasteiger partial charge on any atom is 0.332 e. The van der Waals surface area contributed by atoms with E-state index in [0.29, 0.717) is 38.4 Å². The summed E-state index contributed by atoms with van der Waals surface area (Å²) in [5.74, 6) is -0.0188. The second kappa shape index (κ2) is 30.3. The second-order valence-electron chi connectivity index (χ2n) is 11.1. The number of Topliss-reactive ketones (excluding diaryl/α,β-unsaturated/α-hetero) is 1. The summed E-state index contributed by atoms with van der Waals surface area (Å²) in [5, 5.41) is 6.57. The molecule has 0 spiro atoms. The number of carbonyl (C=O) groups excluding carboxylic acids is 3. The zero-order valence-electron chi connectivity index (χ0n) is 32.9. The molecule has 2 amide bonds. The van der Waals surface area contributed by atoms with Crippen molar-refractivity contribution >= 4 is 43.3 Å². The van der Waals surface area contributed by atoms with Crippen molar-refractivity contribution in [3.8, 4) is 0 Å². The fourth-order valence-corrected chi connectivity index (χ4v) is 5.86. The van der Waals surface area contributed by atoms with E-state index in [4.69, 9.17) is 19.3 Å². The summed E-state index contributed by atoms with van der Waals surface area (Å²) in [4.78, 5) is 39.0. The Bertz CT molecular complexity index is 1290. The van der Waals surface area contributed by atoms with E-state index < -0.39 is 8.60 Å². The molecule has 0 fully saturated rings. The summed E-state index contributed by atoms with van der Waals surface area (Å²) >= 11 is 0. The van der Waals surface area contributed by atoms with Crippen molar-refractivity contribution in [3.05, 3.63) is 65.2 Å². The molecule has 0 saturated heterocycles. The van der Waals surface area contributed by atoms with Gasteiger partial charge in [-0.1, -0.05) is 103 Å². The maximum atomic E-state index is 13.4. The van der Waals surface area contributed by atoms with Crippen molar-refractivity contribution in [2.24, 2.45) is 5.73 Å². The van der Waals surface area contributed by atoms with Gasteiger partial charge in [-0.3, -0.25) is 9.59 Å². The Kier molecular flexibility index (Phi) is 28.4. The maximum absolute atomic E-state index is 13.4. The Labute approximate surface area is 310 Å². The highest BCUT2D eigenvalue weighted by Crippen LogP contribution is 2.37. The van der Waals surface area contributed by atoms with Crippen molar-refractivity contribution in [1.29, 1.82) is 0 Å². The summed E-state index contributed by atoms with van der Waals surface area (Å²) in [5.41, 5.74) is 11.7. The summed E-state index contributed by atoms with van der Waals surface area (Å²) < 4.78 is 15.6. The number of anilines is 1. The molecule has 0 unspecified atom stereocenters. The Morgan fingerprint density at radius 3 is 2.00 bits per heavy atom. The lowest BCUT2D eigenvalue weighted by Gasteiger charge is -2.30. The van der Waals surface area contributed by atoms with E-state index in [9.17, 15) is 14.4 Å². The standard InChI is InChI=1S/C34H49N4O6P.3C2H6/c1-26(39)20-21-32(41)38-25-27-15-8-9-16-28(27)33(35)34(29-17-10-11-18-30(29)38)37-23-13-6-7-19-31(40)36-22-12-4-5-14-24-44-45(42-2)43-3;3*1-2/h8-11,15-18,37H,4-7,12-14,19-25,35H2,1-3H3,(H,36,40);3*1-2H3/b34-33-;;;. The molecular formula is C40H67N4O6P. The van der Waals surface area contributed by atoms with E-state index in [2.05, 4.69) is 10.6 Å². The number of ketones is 1. The van der Waals surface area contributed by atoms with Crippen molar-refractivity contribution in [1.82, 2.24) is 10.6 Å². The summed E-state index contributed by atoms with van der Waals surface area (Å²) in [6.45, 7) is 15.9. The highest BCUT2D eigenvalue weighted by Gasteiger charge is 2.26. The largest absolute Gasteiger partial charge is 0.397 e. The summed E-state index contributed by atoms with van der Waals surface area (Å²) in [6.07, 6.45) is 7.38. The van der Waals surface area contributed by atoms with Crippen LogP contribution in [-0.2, 0) is 34.5 Å². The van der Waals surface area contributed by atoms with Crippen LogP contribution in [-0.4, -0.2) is 51.5 Å². The Balaban J connectivity index is 0.00000395. The van der Waals surface area contributed by atoms with Crippen LogP contribution in [0.2, 0.25) is 0 Å². The molecule has 3 rings (SSSR count). The molecule has 0 radical (unpaired) electrons. The average molecular weight is 731 g/mol. The van der Waals surface area contributed by atoms with Gasteiger partial charge in [0.05, 0.1) is 30.2 Å². The van der Waals surface area contributed by atoms with E-state index in [1.165, 1.54) is 6.92 Å². The van der Waals surface area contributed by atoms with Gasteiger partial charge in [-0.05, 0) is 44.2 Å². The van der Waals surface area contributed by atoms with Gasteiger partial charge >= 0.3 is 8.60 Å². The van der Waals surface area contributed by atoms with Gasteiger partial charge in [-0.2, -0.15) is 0 Å². The molecular weight excluding hydrogens is 663 g/mol. The van der Waals surface area contributed by atoms with Crippen molar-refractivity contribution in [3.63, 3.8) is 0 Å². The third kappa shape index (κ3) is 18.2. The Morgan fingerprint density at radius 2 is 1.33 bits per heavy atom. The van der Waals surface area contributed by atoms with E-state index >= 15 is 0 Å². The molecule has 2 aromatic rings. The van der Waals surface area contributed by atoms with Crippen LogP contribution in [0.3, 0.4) is 0 Å². The quantitative estimate of drug-likeness (QED) is 0.0908. The Hall–Kier alpha value is -3.30. The molecule has 0 saturated carbocycles. The van der Waals surface area contributed by atoms with Crippen molar-refractivity contribution in [2.75, 3.05) is 38.8 Å². The van der Waals surface area contributed by atoms with Crippen LogP contribution in [0, 0.1) is 0 Å². The van der Waals surface area contributed by atoms with Gasteiger partial charge in [0.25, 0.3) is 0 Å². The van der Waals surface area contributed by atoms with E-state index in [-0.39, 0.29) is 30.4 Å². The Morgan fingerprint density at radius 1 is 0.745 bits per heavy atom. The normalized spacial score (nSPS) is 13.0. The molecule has 288 valence electrons. The predicted molar refractivity (Wildman–Crippen MR) is 214 cm³/mol. The molecule has 2 aromatic carbocycles. The first-order valence-corrected chi connectivity index (χ1v) is 19.9. The average Bonchev–Trinajstić information content (AvgIpc) is 3.17. The SMILES string of the molecule is CC.CC.CC.COP(OC)OCCCCCCNC(=O)CCCCCN/C1=C(\N)c2ccccc2CN(C(=O)CCC(C)=O)c2ccccc21. The lowest BCUT2D eigenvalue weighted by atomic mass is 9.95. The predicted octanol–water partition coefficient (Wildman–Crippen LogP) is 9.13. The molecule has 0 aromatic heterocycles. The molecule has 0 aliphatic carbocycles. The molecule has 10 nitrogen and oxygen atoms in total. The number of amides is 2. The molecule has 11 heteroatoms. The molecule has 0 bridgehead atoms. The topological polar surface area (TPSA) is 132 Å². The second-order valence-corrected chi connectivity index (χ2v) is 12.5. The van der Waals surface area contributed by atoms with E-state index in [0.717, 1.165) is 73.0 Å². The van der Waals surface area contributed by atoms with Gasteiger partial charge < -0.3 is 39.6 Å². The van der Waals surface area contributed by atoms with Gasteiger partial charge in [-0.15, -0.1) is 0 Å². The third-order valence-corrected chi connectivity index (χ3v) is 8.62. The molecule has 1 aliphatic heterocycles. The lowest BCUT2D eigenvalue weighted by Crippen LogP contribution is -2.34. The summed E-state index contributed by atoms with van der Waals surface area (Å²) in [6, 6.07) is 15.6. The fraction of sp³-hybridized carbons (Fsp3) is 0.575. The number of nitrogens with two attached hydrogens (primary N) is 1. The molecule has 4 N–H and O–H groups in total. The zero-order chi connectivity index (χ0) is 38.4. The van der Waals surface area contributed by atoms with Crippen LogP contribution in [0.4, 0.5) is 5.69 Å². The van der Waals surface area contributed by atoms with E-state index in [1.54, 1.807) is 19.1 Å². The number of fused-ring (bicyclic) bond motifs is 2. The highest BCUT2D eigenvalue weighted by molar-refractivity contribution is 7.41. The van der Waals surface area contributed by atoms with Crippen LogP contribution in [0.25, 0.3) is 11.4 Å². The number of benzene rings is 2. The van der Waals surface area contributed by atoms with E-state index in [1.807, 2.05) is 90.1 Å². The van der Waals surface area contributed by atoms with Crippen LogP contribution < -0.4 is 21.3 Å². The minimum Gasteiger partial charge on any atom is -0.397 e. The number of nitrogens with zero attached hydrogens (tertiary/aromatic N) is 1. The monoisotopic (exact) mass is 730 g/mol. The van der Waals surface area contributed by atoms with Gasteiger partial charge in [0.1, 0.15) is 5.78 Å². The third-order valence-electron chi connectivity index (χ3n) is 7.63. The first-order chi connectivity index (χ1) is 24.8. The van der Waals surface area contributed by atoms with Gasteiger partial charge in [0.2, 0.25) is 11.8 Å². The number of carbonyl (C=O) groups is 3. The molecule has 1 aliphatic rings. The first kappa shape index (κ1) is 47.7. The number of para-hydroxylation sites is 1. The summed E-state index contributed by atoms with van der Waals surface area (Å²) in [7, 11) is 1.91. The highest BCUT2D eigenvalue weighted by atomic mass is 31.2. The van der Waals surface area contributed by atoms with Crippen LogP contribution in [0.15, 0.2) is 48.5 Å². The minimum atomic E-state index is -1.23. The number of nitrogens with one attached hydrogen (secondary N) is 2. The van der Waals surface area contributed by atoms with Crippen molar-refractivity contribution in [2.45, 2.75) is 119 Å². The number of rotatable bonds is 20. The fourth-order valence-electron chi connectivity index (χ4n) is 5.22. The molecule has 0 atom stereocenters. The van der Waals surface area contributed by atoms with Gasteiger partial charge in [0, 0.05) is 57.7 Å². The van der Waals surface area contributed by atoms with Crippen LogP contribution in [0.5, 0.6) is 0 Å². The van der Waals surface area contributed by atoms with Gasteiger partial charge in [0.15, 0.2) is 0 Å². The number of hydrogen-bond acceptors (Lipinski definition) is 8. The first-order valence-electron chi connectivity index (χ1n) is 18.8. The lowest BCUT2D eigenvalue weighted by molar-refractivity contribution is -0.123. The smallest absolute Gasteiger partial charge is 0.332 e. The van der Waals surface area contributed by atoms with Gasteiger partial charge in [-0.25, -0.2) is 0 Å². The number of hydrogen-bond donors (Lipinski definition) is 3. The van der Waals surface area contributed by atoms with Crippen LogP contribution in [0.1, 0.15) is 129 Å². The van der Waals surface area contributed by atoms with Crippen LogP contribution >= 0.6 is 8.60 Å². The number of unbranched alkanes of at least 4 members (excludes halogenated alkanes) is 5.